The van der Waals surface area contributed by atoms with Crippen molar-refractivity contribution in [3.63, 3.8) is 0 Å². The number of nitro benzene ring substituents is 1. The zero-order valence-corrected chi connectivity index (χ0v) is 16.0. The Morgan fingerprint density at radius 3 is 2.65 bits per heavy atom. The summed E-state index contributed by atoms with van der Waals surface area (Å²) in [5.41, 5.74) is 1.63. The molecule has 1 aromatic heterocycles. The first-order valence-corrected chi connectivity index (χ1v) is 9.81. The lowest BCUT2D eigenvalue weighted by Crippen LogP contribution is -2.14. The minimum Gasteiger partial charge on any atom is -0.319 e. The van der Waals surface area contributed by atoms with Crippen LogP contribution in [0.25, 0.3) is 10.2 Å². The van der Waals surface area contributed by atoms with Gasteiger partial charge >= 0.3 is 0 Å². The molecule has 0 aliphatic carbocycles. The minimum absolute atomic E-state index is 0.0221. The van der Waals surface area contributed by atoms with E-state index in [1.54, 1.807) is 29.4 Å². The van der Waals surface area contributed by atoms with E-state index in [4.69, 9.17) is 0 Å². The van der Waals surface area contributed by atoms with Gasteiger partial charge in [0.05, 0.1) is 21.6 Å². The van der Waals surface area contributed by atoms with Gasteiger partial charge in [0, 0.05) is 24.1 Å². The molecule has 8 heteroatoms. The fourth-order valence-corrected chi connectivity index (χ4v) is 4.20. The summed E-state index contributed by atoms with van der Waals surface area (Å²) in [4.78, 5) is 28.7. The standard InChI is InChI=1S/C18H17N3O3S2/c1-3-25-14-7-4-12(5-8-14)10-17(22)19-18-20(2)15-11-13(21(23)24)6-9-16(15)26-18/h4-9,11H,3,10H2,1-2H3. The second kappa shape index (κ2) is 7.84. The highest BCUT2D eigenvalue weighted by Gasteiger charge is 2.11. The molecule has 26 heavy (non-hydrogen) atoms. The molecular weight excluding hydrogens is 370 g/mol. The van der Waals surface area contributed by atoms with Gasteiger partial charge in [-0.1, -0.05) is 30.4 Å². The SMILES string of the molecule is CCSc1ccc(CC(=O)N=c2sc3ccc([N+](=O)[O-])cc3n2C)cc1. The Balaban J connectivity index is 1.85. The summed E-state index contributed by atoms with van der Waals surface area (Å²) >= 11 is 3.10. The number of hydrogen-bond acceptors (Lipinski definition) is 5. The van der Waals surface area contributed by atoms with Crippen molar-refractivity contribution >= 4 is 44.9 Å². The number of carbonyl (C=O) groups excluding carboxylic acids is 1. The van der Waals surface area contributed by atoms with Crippen molar-refractivity contribution in [2.45, 2.75) is 18.2 Å². The second-order valence-corrected chi connectivity index (χ2v) is 7.96. The minimum atomic E-state index is -0.431. The molecule has 0 saturated heterocycles. The second-order valence-electron chi connectivity index (χ2n) is 5.61. The largest absolute Gasteiger partial charge is 0.319 e. The molecule has 0 fully saturated rings. The average Bonchev–Trinajstić information content (AvgIpc) is 2.92. The fraction of sp³-hybridized carbons (Fsp3) is 0.222. The fourth-order valence-electron chi connectivity index (χ4n) is 2.53. The van der Waals surface area contributed by atoms with Crippen LogP contribution in [-0.2, 0) is 18.3 Å². The number of non-ortho nitro benzene ring substituents is 1. The van der Waals surface area contributed by atoms with Crippen molar-refractivity contribution in [1.82, 2.24) is 4.57 Å². The van der Waals surface area contributed by atoms with Crippen molar-refractivity contribution in [2.75, 3.05) is 5.75 Å². The molecule has 0 bridgehead atoms. The van der Waals surface area contributed by atoms with Crippen LogP contribution in [0.15, 0.2) is 52.4 Å². The van der Waals surface area contributed by atoms with Crippen LogP contribution in [0.3, 0.4) is 0 Å². The number of aromatic nitrogens is 1. The van der Waals surface area contributed by atoms with Crippen LogP contribution in [-0.4, -0.2) is 21.2 Å². The summed E-state index contributed by atoms with van der Waals surface area (Å²) in [6, 6.07) is 12.6. The predicted octanol–water partition coefficient (Wildman–Crippen LogP) is 3.93. The Hall–Kier alpha value is -2.45. The first-order valence-electron chi connectivity index (χ1n) is 8.01. The van der Waals surface area contributed by atoms with E-state index in [1.807, 2.05) is 24.3 Å². The van der Waals surface area contributed by atoms with E-state index in [-0.39, 0.29) is 18.0 Å². The van der Waals surface area contributed by atoms with E-state index in [9.17, 15) is 14.9 Å². The number of fused-ring (bicyclic) bond motifs is 1. The number of thioether (sulfide) groups is 1. The van der Waals surface area contributed by atoms with Crippen molar-refractivity contribution in [1.29, 1.82) is 0 Å². The van der Waals surface area contributed by atoms with Crippen molar-refractivity contribution in [2.24, 2.45) is 12.0 Å². The van der Waals surface area contributed by atoms with Gasteiger partial charge in [-0.3, -0.25) is 14.9 Å². The summed E-state index contributed by atoms with van der Waals surface area (Å²) in [6.07, 6.45) is 0.228. The van der Waals surface area contributed by atoms with E-state index in [0.29, 0.717) is 10.3 Å². The van der Waals surface area contributed by atoms with E-state index in [0.717, 1.165) is 16.0 Å². The molecule has 0 radical (unpaired) electrons. The number of nitro groups is 1. The molecular formula is C18H17N3O3S2. The molecule has 0 unspecified atom stereocenters. The molecule has 0 saturated carbocycles. The molecule has 0 atom stereocenters. The molecule has 0 aliphatic rings. The Kier molecular flexibility index (Phi) is 5.53. The summed E-state index contributed by atoms with van der Waals surface area (Å²) < 4.78 is 2.57. The molecule has 1 heterocycles. The topological polar surface area (TPSA) is 77.5 Å². The van der Waals surface area contributed by atoms with Crippen molar-refractivity contribution in [3.8, 4) is 0 Å². The van der Waals surface area contributed by atoms with Gasteiger partial charge in [-0.25, -0.2) is 0 Å². The van der Waals surface area contributed by atoms with Crippen LogP contribution in [0, 0.1) is 10.1 Å². The Morgan fingerprint density at radius 2 is 2.00 bits per heavy atom. The Bertz CT molecular complexity index is 1040. The molecule has 0 spiro atoms. The molecule has 3 aromatic rings. The lowest BCUT2D eigenvalue weighted by molar-refractivity contribution is -0.384. The van der Waals surface area contributed by atoms with Crippen LogP contribution in [0.4, 0.5) is 5.69 Å². The zero-order chi connectivity index (χ0) is 18.7. The lowest BCUT2D eigenvalue weighted by atomic mass is 10.1. The first kappa shape index (κ1) is 18.3. The van der Waals surface area contributed by atoms with Crippen LogP contribution in [0.5, 0.6) is 0 Å². The molecule has 0 N–H and O–H groups in total. The number of thiazole rings is 1. The maximum Gasteiger partial charge on any atom is 0.271 e. The van der Waals surface area contributed by atoms with Crippen LogP contribution >= 0.6 is 23.1 Å². The normalized spacial score (nSPS) is 11.8. The number of rotatable bonds is 5. The van der Waals surface area contributed by atoms with Crippen LogP contribution < -0.4 is 4.80 Å². The predicted molar refractivity (Wildman–Crippen MR) is 105 cm³/mol. The van der Waals surface area contributed by atoms with E-state index in [2.05, 4.69) is 11.9 Å². The number of amides is 1. The Morgan fingerprint density at radius 1 is 1.27 bits per heavy atom. The Labute approximate surface area is 158 Å². The van der Waals surface area contributed by atoms with Gasteiger partial charge in [-0.2, -0.15) is 4.99 Å². The molecule has 1 amide bonds. The third-order valence-electron chi connectivity index (χ3n) is 3.81. The van der Waals surface area contributed by atoms with Gasteiger partial charge < -0.3 is 4.57 Å². The molecule has 2 aromatic carbocycles. The van der Waals surface area contributed by atoms with Gasteiger partial charge in [0.1, 0.15) is 0 Å². The third-order valence-corrected chi connectivity index (χ3v) is 5.82. The number of carbonyl (C=O) groups is 1. The van der Waals surface area contributed by atoms with Crippen LogP contribution in [0.2, 0.25) is 0 Å². The smallest absolute Gasteiger partial charge is 0.271 e. The first-order chi connectivity index (χ1) is 12.5. The van der Waals surface area contributed by atoms with Gasteiger partial charge in [-0.15, -0.1) is 11.8 Å². The molecule has 134 valence electrons. The number of benzene rings is 2. The quantitative estimate of drug-likeness (QED) is 0.377. The van der Waals surface area contributed by atoms with E-state index >= 15 is 0 Å². The zero-order valence-electron chi connectivity index (χ0n) is 14.3. The molecule has 6 nitrogen and oxygen atoms in total. The third kappa shape index (κ3) is 4.03. The number of nitrogens with zero attached hydrogens (tertiary/aromatic N) is 3. The van der Waals surface area contributed by atoms with Gasteiger partial charge in [0.25, 0.3) is 11.6 Å². The van der Waals surface area contributed by atoms with Crippen molar-refractivity contribution < 1.29 is 9.72 Å². The maximum absolute atomic E-state index is 12.3. The highest BCUT2D eigenvalue weighted by molar-refractivity contribution is 7.99. The number of hydrogen-bond donors (Lipinski definition) is 0. The van der Waals surface area contributed by atoms with Gasteiger partial charge in [-0.05, 0) is 29.5 Å². The van der Waals surface area contributed by atoms with Gasteiger partial charge in [0.15, 0.2) is 4.80 Å². The van der Waals surface area contributed by atoms with Crippen LogP contribution in [0.1, 0.15) is 12.5 Å². The molecule has 0 aliphatic heterocycles. The highest BCUT2D eigenvalue weighted by Crippen LogP contribution is 2.22. The monoisotopic (exact) mass is 387 g/mol. The van der Waals surface area contributed by atoms with E-state index in [1.165, 1.54) is 28.4 Å². The molecule has 3 rings (SSSR count). The number of aryl methyl sites for hydroxylation is 1. The summed E-state index contributed by atoms with van der Waals surface area (Å²) in [6.45, 7) is 2.10. The average molecular weight is 387 g/mol. The summed E-state index contributed by atoms with van der Waals surface area (Å²) in [5, 5.41) is 10.9. The summed E-state index contributed by atoms with van der Waals surface area (Å²) in [7, 11) is 1.76. The van der Waals surface area contributed by atoms with Crippen molar-refractivity contribution in [3.05, 3.63) is 62.9 Å². The maximum atomic E-state index is 12.3. The summed E-state index contributed by atoms with van der Waals surface area (Å²) in [5.74, 6) is 0.770. The van der Waals surface area contributed by atoms with Gasteiger partial charge in [0.2, 0.25) is 0 Å². The lowest BCUT2D eigenvalue weighted by Gasteiger charge is -2.01. The van der Waals surface area contributed by atoms with E-state index < -0.39 is 4.92 Å². The highest BCUT2D eigenvalue weighted by atomic mass is 32.2.